The summed E-state index contributed by atoms with van der Waals surface area (Å²) < 4.78 is 5.23. The molecule has 1 aromatic heterocycles. The number of anilines is 1. The van der Waals surface area contributed by atoms with Crippen molar-refractivity contribution < 1.29 is 9.53 Å². The van der Waals surface area contributed by atoms with Gasteiger partial charge in [0, 0.05) is 53.5 Å². The molecule has 1 unspecified atom stereocenters. The van der Waals surface area contributed by atoms with Crippen molar-refractivity contribution >= 4 is 34.1 Å². The Bertz CT molecular complexity index is 1020. The molecule has 1 amide bonds. The van der Waals surface area contributed by atoms with Crippen LogP contribution in [0.2, 0.25) is 5.02 Å². The number of halogens is 1. The molecule has 1 N–H and O–H groups in total. The van der Waals surface area contributed by atoms with Gasteiger partial charge < -0.3 is 19.5 Å². The van der Waals surface area contributed by atoms with Crippen molar-refractivity contribution in [3.8, 4) is 5.75 Å². The second kappa shape index (κ2) is 7.99. The Morgan fingerprint density at radius 1 is 1.10 bits per heavy atom. The molecule has 1 aliphatic rings. The molecule has 0 radical (unpaired) electrons. The summed E-state index contributed by atoms with van der Waals surface area (Å²) in [4.78, 5) is 20.9. The summed E-state index contributed by atoms with van der Waals surface area (Å²) in [6.07, 6.45) is 0. The molecule has 4 rings (SSSR count). The first-order valence-electron chi connectivity index (χ1n) is 9.93. The highest BCUT2D eigenvalue weighted by atomic mass is 35.5. The SMILES string of the molecule is COc1ccc(N2CCN(C(=O)C(C)c3c(C)[nH]c4cc(Cl)ccc34)CC2)cc1. The number of H-pyrrole nitrogens is 1. The Morgan fingerprint density at radius 2 is 1.79 bits per heavy atom. The van der Waals surface area contributed by atoms with E-state index in [1.807, 2.05) is 49.1 Å². The molecule has 1 fully saturated rings. The molecular weight excluding hydrogens is 386 g/mol. The van der Waals surface area contributed by atoms with Gasteiger partial charge in [0.1, 0.15) is 5.75 Å². The molecule has 1 aliphatic heterocycles. The quantitative estimate of drug-likeness (QED) is 0.683. The van der Waals surface area contributed by atoms with Gasteiger partial charge in [0.25, 0.3) is 0 Å². The summed E-state index contributed by atoms with van der Waals surface area (Å²) in [6, 6.07) is 13.9. The minimum absolute atomic E-state index is 0.179. The van der Waals surface area contributed by atoms with Crippen LogP contribution in [0, 0.1) is 6.92 Å². The zero-order valence-electron chi connectivity index (χ0n) is 17.0. The Hall–Kier alpha value is -2.66. The monoisotopic (exact) mass is 411 g/mol. The maximum atomic E-state index is 13.2. The number of ether oxygens (including phenoxy) is 1. The van der Waals surface area contributed by atoms with Crippen LogP contribution in [0.3, 0.4) is 0 Å². The minimum atomic E-state index is -0.197. The predicted octanol–water partition coefficient (Wildman–Crippen LogP) is 4.59. The van der Waals surface area contributed by atoms with Crippen LogP contribution in [-0.4, -0.2) is 49.1 Å². The fourth-order valence-electron chi connectivity index (χ4n) is 4.26. The molecule has 0 saturated carbocycles. The number of aromatic nitrogens is 1. The highest BCUT2D eigenvalue weighted by Crippen LogP contribution is 2.32. The van der Waals surface area contributed by atoms with Gasteiger partial charge in [-0.2, -0.15) is 0 Å². The topological polar surface area (TPSA) is 48.6 Å². The van der Waals surface area contributed by atoms with E-state index in [9.17, 15) is 4.79 Å². The van der Waals surface area contributed by atoms with Gasteiger partial charge in [-0.1, -0.05) is 17.7 Å². The summed E-state index contributed by atoms with van der Waals surface area (Å²) in [5.74, 6) is 0.836. The Morgan fingerprint density at radius 3 is 2.45 bits per heavy atom. The zero-order chi connectivity index (χ0) is 20.5. The molecule has 0 bridgehead atoms. The van der Waals surface area contributed by atoms with Crippen LogP contribution in [0.4, 0.5) is 5.69 Å². The number of hydrogen-bond acceptors (Lipinski definition) is 3. The molecule has 3 aromatic rings. The number of nitrogens with zero attached hydrogens (tertiary/aromatic N) is 2. The molecule has 1 saturated heterocycles. The molecule has 152 valence electrons. The number of rotatable bonds is 4. The summed E-state index contributed by atoms with van der Waals surface area (Å²) >= 11 is 6.12. The van der Waals surface area contributed by atoms with E-state index >= 15 is 0 Å². The third-order valence-corrected chi connectivity index (χ3v) is 6.07. The zero-order valence-corrected chi connectivity index (χ0v) is 17.8. The van der Waals surface area contributed by atoms with Crippen LogP contribution >= 0.6 is 11.6 Å². The van der Waals surface area contributed by atoms with Crippen LogP contribution in [0.25, 0.3) is 10.9 Å². The van der Waals surface area contributed by atoms with E-state index in [1.165, 1.54) is 0 Å². The number of amides is 1. The Kier molecular flexibility index (Phi) is 5.41. The smallest absolute Gasteiger partial charge is 0.230 e. The Labute approximate surface area is 176 Å². The number of hydrogen-bond donors (Lipinski definition) is 1. The van der Waals surface area contributed by atoms with Crippen molar-refractivity contribution in [2.24, 2.45) is 0 Å². The maximum absolute atomic E-state index is 13.2. The summed E-state index contributed by atoms with van der Waals surface area (Å²) in [7, 11) is 1.67. The van der Waals surface area contributed by atoms with Crippen LogP contribution in [0.5, 0.6) is 5.75 Å². The standard InChI is InChI=1S/C23H26ClN3O2/c1-15(22-16(2)25-21-14-17(24)4-9-20(21)22)23(28)27-12-10-26(11-13-27)18-5-7-19(29-3)8-6-18/h4-9,14-15,25H,10-13H2,1-3H3. The molecule has 29 heavy (non-hydrogen) atoms. The number of methoxy groups -OCH3 is 1. The molecule has 0 aliphatic carbocycles. The van der Waals surface area contributed by atoms with Crippen molar-refractivity contribution in [1.29, 1.82) is 0 Å². The van der Waals surface area contributed by atoms with E-state index in [4.69, 9.17) is 16.3 Å². The van der Waals surface area contributed by atoms with Gasteiger partial charge in [0.05, 0.1) is 13.0 Å². The largest absolute Gasteiger partial charge is 0.497 e. The van der Waals surface area contributed by atoms with E-state index in [0.717, 1.165) is 59.8 Å². The highest BCUT2D eigenvalue weighted by molar-refractivity contribution is 6.31. The third kappa shape index (κ3) is 3.79. The number of benzene rings is 2. The molecule has 6 heteroatoms. The predicted molar refractivity (Wildman–Crippen MR) is 118 cm³/mol. The number of nitrogens with one attached hydrogen (secondary N) is 1. The van der Waals surface area contributed by atoms with Crippen molar-refractivity contribution in [1.82, 2.24) is 9.88 Å². The first-order chi connectivity index (χ1) is 14.0. The second-order valence-corrected chi connectivity index (χ2v) is 8.02. The molecule has 2 heterocycles. The number of aromatic amines is 1. The van der Waals surface area contributed by atoms with Gasteiger partial charge in [0.2, 0.25) is 5.91 Å². The molecular formula is C23H26ClN3O2. The minimum Gasteiger partial charge on any atom is -0.497 e. The summed E-state index contributed by atoms with van der Waals surface area (Å²) in [6.45, 7) is 7.13. The molecule has 1 atom stereocenters. The molecule has 2 aromatic carbocycles. The van der Waals surface area contributed by atoms with Gasteiger partial charge >= 0.3 is 0 Å². The second-order valence-electron chi connectivity index (χ2n) is 7.59. The number of fused-ring (bicyclic) bond motifs is 1. The number of carbonyl (C=O) groups excluding carboxylic acids is 1. The van der Waals surface area contributed by atoms with Crippen molar-refractivity contribution in [3.05, 3.63) is 58.7 Å². The average molecular weight is 412 g/mol. The van der Waals surface area contributed by atoms with E-state index in [1.54, 1.807) is 7.11 Å². The van der Waals surface area contributed by atoms with Crippen LogP contribution in [-0.2, 0) is 4.79 Å². The van der Waals surface area contributed by atoms with Gasteiger partial charge in [0.15, 0.2) is 0 Å². The van der Waals surface area contributed by atoms with Crippen molar-refractivity contribution in [3.63, 3.8) is 0 Å². The lowest BCUT2D eigenvalue weighted by Gasteiger charge is -2.37. The fraction of sp³-hybridized carbons (Fsp3) is 0.348. The summed E-state index contributed by atoms with van der Waals surface area (Å²) in [5, 5.41) is 1.77. The fourth-order valence-corrected chi connectivity index (χ4v) is 4.43. The maximum Gasteiger partial charge on any atom is 0.230 e. The lowest BCUT2D eigenvalue weighted by molar-refractivity contribution is -0.132. The number of carbonyl (C=O) groups is 1. The first kappa shape index (κ1) is 19.6. The lowest BCUT2D eigenvalue weighted by Crippen LogP contribution is -2.49. The average Bonchev–Trinajstić information content (AvgIpc) is 3.07. The van der Waals surface area contributed by atoms with Gasteiger partial charge in [-0.3, -0.25) is 4.79 Å². The molecule has 0 spiro atoms. The highest BCUT2D eigenvalue weighted by Gasteiger charge is 2.28. The summed E-state index contributed by atoms with van der Waals surface area (Å²) in [5.41, 5.74) is 4.24. The van der Waals surface area contributed by atoms with Crippen molar-refractivity contribution in [2.45, 2.75) is 19.8 Å². The molecule has 5 nitrogen and oxygen atoms in total. The Balaban J connectivity index is 1.46. The van der Waals surface area contributed by atoms with Crippen molar-refractivity contribution in [2.75, 3.05) is 38.2 Å². The van der Waals surface area contributed by atoms with E-state index in [-0.39, 0.29) is 11.8 Å². The van der Waals surface area contributed by atoms with Gasteiger partial charge in [-0.25, -0.2) is 0 Å². The van der Waals surface area contributed by atoms with Crippen LogP contribution in [0.15, 0.2) is 42.5 Å². The van der Waals surface area contributed by atoms with E-state index in [2.05, 4.69) is 22.0 Å². The number of aryl methyl sites for hydroxylation is 1. The number of piperazine rings is 1. The lowest BCUT2D eigenvalue weighted by atomic mass is 9.96. The first-order valence-corrected chi connectivity index (χ1v) is 10.3. The normalized spacial score (nSPS) is 15.6. The van der Waals surface area contributed by atoms with Crippen LogP contribution < -0.4 is 9.64 Å². The van der Waals surface area contributed by atoms with Gasteiger partial charge in [-0.05, 0) is 55.8 Å². The van der Waals surface area contributed by atoms with E-state index in [0.29, 0.717) is 5.02 Å². The van der Waals surface area contributed by atoms with E-state index < -0.39 is 0 Å². The van der Waals surface area contributed by atoms with Gasteiger partial charge in [-0.15, -0.1) is 0 Å². The van der Waals surface area contributed by atoms with Crippen LogP contribution in [0.1, 0.15) is 24.1 Å². The third-order valence-electron chi connectivity index (χ3n) is 5.83.